The highest BCUT2D eigenvalue weighted by molar-refractivity contribution is 7.92. The molecule has 2 aromatic carbocycles. The summed E-state index contributed by atoms with van der Waals surface area (Å²) in [6, 6.07) is 10.4. The van der Waals surface area contributed by atoms with E-state index in [1.54, 1.807) is 63.2 Å². The molecule has 0 heterocycles. The number of ether oxygens (including phenoxy) is 2. The van der Waals surface area contributed by atoms with Crippen molar-refractivity contribution in [2.45, 2.75) is 33.2 Å². The zero-order valence-corrected chi connectivity index (χ0v) is 19.2. The maximum atomic E-state index is 13.2. The van der Waals surface area contributed by atoms with Gasteiger partial charge in [-0.1, -0.05) is 19.1 Å². The lowest BCUT2D eigenvalue weighted by Crippen LogP contribution is -2.47. The summed E-state index contributed by atoms with van der Waals surface area (Å²) in [5, 5.41) is 2.77. The number of amides is 1. The van der Waals surface area contributed by atoms with Gasteiger partial charge in [-0.15, -0.1) is 0 Å². The molecule has 0 fully saturated rings. The van der Waals surface area contributed by atoms with Crippen molar-refractivity contribution in [3.8, 4) is 5.75 Å². The number of hydrogen-bond acceptors (Lipinski definition) is 6. The standard InChI is InChI=1S/C22H28N2O6S/c1-6-20(24(31(5,27)28)16-10-8-11-17(14-16)29-4)21(25)23-19-13-9-12-18(15(19)3)22(26)30-7-2/h8-14,20H,6-7H2,1-5H3,(H,23,25). The fourth-order valence-corrected chi connectivity index (χ4v) is 4.43. The molecule has 0 spiro atoms. The highest BCUT2D eigenvalue weighted by Gasteiger charge is 2.32. The van der Waals surface area contributed by atoms with Crippen LogP contribution < -0.4 is 14.4 Å². The summed E-state index contributed by atoms with van der Waals surface area (Å²) in [7, 11) is -2.31. The van der Waals surface area contributed by atoms with Crippen LogP contribution in [0.25, 0.3) is 0 Å². The first-order valence-corrected chi connectivity index (χ1v) is 11.7. The average molecular weight is 449 g/mol. The van der Waals surface area contributed by atoms with Gasteiger partial charge in [0, 0.05) is 11.8 Å². The van der Waals surface area contributed by atoms with E-state index < -0.39 is 27.9 Å². The third-order valence-corrected chi connectivity index (χ3v) is 5.90. The SMILES string of the molecule is CCOC(=O)c1cccc(NC(=O)C(CC)N(c2cccc(OC)c2)S(C)(=O)=O)c1C. The zero-order valence-electron chi connectivity index (χ0n) is 18.3. The van der Waals surface area contributed by atoms with Crippen molar-refractivity contribution in [2.75, 3.05) is 29.6 Å². The largest absolute Gasteiger partial charge is 0.497 e. The van der Waals surface area contributed by atoms with Gasteiger partial charge in [0.2, 0.25) is 15.9 Å². The van der Waals surface area contributed by atoms with Gasteiger partial charge in [-0.25, -0.2) is 13.2 Å². The monoisotopic (exact) mass is 448 g/mol. The number of nitrogens with one attached hydrogen (secondary N) is 1. The summed E-state index contributed by atoms with van der Waals surface area (Å²) < 4.78 is 36.6. The first-order chi connectivity index (χ1) is 14.6. The van der Waals surface area contributed by atoms with Crippen LogP contribution in [-0.4, -0.2) is 46.3 Å². The molecule has 1 unspecified atom stereocenters. The lowest BCUT2D eigenvalue weighted by atomic mass is 10.1. The van der Waals surface area contributed by atoms with Gasteiger partial charge in [0.15, 0.2) is 0 Å². The van der Waals surface area contributed by atoms with Gasteiger partial charge in [-0.2, -0.15) is 0 Å². The predicted molar refractivity (Wildman–Crippen MR) is 120 cm³/mol. The lowest BCUT2D eigenvalue weighted by Gasteiger charge is -2.30. The molecule has 1 atom stereocenters. The molecule has 1 N–H and O–H groups in total. The second-order valence-corrected chi connectivity index (χ2v) is 8.73. The van der Waals surface area contributed by atoms with Gasteiger partial charge < -0.3 is 14.8 Å². The molecule has 0 saturated heterocycles. The van der Waals surface area contributed by atoms with Gasteiger partial charge in [0.25, 0.3) is 0 Å². The number of benzene rings is 2. The molecule has 9 heteroatoms. The molecule has 0 aliphatic carbocycles. The van der Waals surface area contributed by atoms with E-state index in [1.807, 2.05) is 0 Å². The molecule has 2 aromatic rings. The third kappa shape index (κ3) is 5.75. The molecule has 2 rings (SSSR count). The minimum atomic E-state index is -3.79. The number of sulfonamides is 1. The predicted octanol–water partition coefficient (Wildman–Crippen LogP) is 3.36. The van der Waals surface area contributed by atoms with Gasteiger partial charge >= 0.3 is 5.97 Å². The van der Waals surface area contributed by atoms with E-state index in [4.69, 9.17) is 9.47 Å². The second kappa shape index (κ2) is 10.3. The van der Waals surface area contributed by atoms with Gasteiger partial charge in [0.1, 0.15) is 11.8 Å². The first kappa shape index (κ1) is 24.2. The Morgan fingerprint density at radius 2 is 1.81 bits per heavy atom. The molecule has 0 aliphatic rings. The van der Waals surface area contributed by atoms with E-state index in [0.29, 0.717) is 28.3 Å². The van der Waals surface area contributed by atoms with Crippen LogP contribution in [0.3, 0.4) is 0 Å². The number of anilines is 2. The molecule has 0 radical (unpaired) electrons. The van der Waals surface area contributed by atoms with Crippen molar-refractivity contribution in [1.82, 2.24) is 0 Å². The first-order valence-electron chi connectivity index (χ1n) is 9.85. The van der Waals surface area contributed by atoms with Crippen LogP contribution in [0.4, 0.5) is 11.4 Å². The minimum absolute atomic E-state index is 0.229. The van der Waals surface area contributed by atoms with Crippen LogP contribution in [0.15, 0.2) is 42.5 Å². The molecule has 1 amide bonds. The Morgan fingerprint density at radius 1 is 1.13 bits per heavy atom. The number of esters is 1. The Morgan fingerprint density at radius 3 is 2.39 bits per heavy atom. The second-order valence-electron chi connectivity index (χ2n) is 6.87. The number of nitrogens with zero attached hydrogens (tertiary/aromatic N) is 1. The van der Waals surface area contributed by atoms with Crippen LogP contribution in [0, 0.1) is 6.92 Å². The summed E-state index contributed by atoms with van der Waals surface area (Å²) in [6.45, 7) is 5.36. The lowest BCUT2D eigenvalue weighted by molar-refractivity contribution is -0.117. The summed E-state index contributed by atoms with van der Waals surface area (Å²) >= 11 is 0. The van der Waals surface area contributed by atoms with E-state index in [0.717, 1.165) is 10.6 Å². The normalized spacial score (nSPS) is 12.0. The Balaban J connectivity index is 2.41. The molecular formula is C22H28N2O6S. The number of rotatable bonds is 9. The zero-order chi connectivity index (χ0) is 23.2. The van der Waals surface area contributed by atoms with Crippen molar-refractivity contribution < 1.29 is 27.5 Å². The Labute approximate surface area is 183 Å². The number of carbonyl (C=O) groups is 2. The Hall–Kier alpha value is -3.07. The van der Waals surface area contributed by atoms with Gasteiger partial charge in [0.05, 0.1) is 31.2 Å². The number of methoxy groups -OCH3 is 1. The van der Waals surface area contributed by atoms with E-state index in [9.17, 15) is 18.0 Å². The number of hydrogen-bond donors (Lipinski definition) is 1. The molecular weight excluding hydrogens is 420 g/mol. The molecule has 168 valence electrons. The van der Waals surface area contributed by atoms with Crippen LogP contribution in [0.1, 0.15) is 36.2 Å². The van der Waals surface area contributed by atoms with Crippen molar-refractivity contribution in [3.63, 3.8) is 0 Å². The summed E-state index contributed by atoms with van der Waals surface area (Å²) in [5.41, 5.74) is 1.60. The van der Waals surface area contributed by atoms with Crippen LogP contribution >= 0.6 is 0 Å². The summed E-state index contributed by atoms with van der Waals surface area (Å²) in [4.78, 5) is 25.3. The Kier molecular flexibility index (Phi) is 8.04. The smallest absolute Gasteiger partial charge is 0.338 e. The highest BCUT2D eigenvalue weighted by atomic mass is 32.2. The summed E-state index contributed by atoms with van der Waals surface area (Å²) in [5.74, 6) is -0.531. The van der Waals surface area contributed by atoms with Gasteiger partial charge in [-0.3, -0.25) is 9.10 Å². The van der Waals surface area contributed by atoms with Gasteiger partial charge in [-0.05, 0) is 50.1 Å². The topological polar surface area (TPSA) is 102 Å². The van der Waals surface area contributed by atoms with E-state index >= 15 is 0 Å². The maximum Gasteiger partial charge on any atom is 0.338 e. The highest BCUT2D eigenvalue weighted by Crippen LogP contribution is 2.27. The van der Waals surface area contributed by atoms with Crippen LogP contribution in [0.5, 0.6) is 5.75 Å². The van der Waals surface area contributed by atoms with Crippen molar-refractivity contribution >= 4 is 33.3 Å². The fourth-order valence-electron chi connectivity index (χ4n) is 3.22. The van der Waals surface area contributed by atoms with Crippen molar-refractivity contribution in [2.24, 2.45) is 0 Å². The van der Waals surface area contributed by atoms with E-state index in [-0.39, 0.29) is 13.0 Å². The third-order valence-electron chi connectivity index (χ3n) is 4.72. The Bertz CT molecular complexity index is 1050. The number of carbonyl (C=O) groups excluding carboxylic acids is 2. The molecule has 0 aromatic heterocycles. The van der Waals surface area contributed by atoms with Crippen molar-refractivity contribution in [1.29, 1.82) is 0 Å². The molecule has 8 nitrogen and oxygen atoms in total. The maximum absolute atomic E-state index is 13.2. The molecule has 0 bridgehead atoms. The molecule has 0 saturated carbocycles. The quantitative estimate of drug-likeness (QED) is 0.590. The summed E-state index contributed by atoms with van der Waals surface area (Å²) in [6.07, 6.45) is 1.28. The van der Waals surface area contributed by atoms with E-state index in [2.05, 4.69) is 5.32 Å². The molecule has 31 heavy (non-hydrogen) atoms. The minimum Gasteiger partial charge on any atom is -0.497 e. The van der Waals surface area contributed by atoms with E-state index in [1.165, 1.54) is 7.11 Å². The van der Waals surface area contributed by atoms with Crippen LogP contribution in [-0.2, 0) is 19.6 Å². The average Bonchev–Trinajstić information content (AvgIpc) is 2.72. The van der Waals surface area contributed by atoms with Crippen molar-refractivity contribution in [3.05, 3.63) is 53.6 Å². The van der Waals surface area contributed by atoms with Crippen LogP contribution in [0.2, 0.25) is 0 Å². The fraction of sp³-hybridized carbons (Fsp3) is 0.364. The molecule has 0 aliphatic heterocycles.